The van der Waals surface area contributed by atoms with Crippen molar-refractivity contribution in [3.05, 3.63) is 88.7 Å². The van der Waals surface area contributed by atoms with Crippen molar-refractivity contribution in [2.75, 3.05) is 18.9 Å². The van der Waals surface area contributed by atoms with Gasteiger partial charge in [-0.1, -0.05) is 48.5 Å². The largest absolute Gasteiger partial charge is 0.449 e. The molecule has 0 spiro atoms. The Morgan fingerprint density at radius 2 is 1.69 bits per heavy atom. The third-order valence-corrected chi connectivity index (χ3v) is 5.87. The molecule has 0 saturated carbocycles. The zero-order chi connectivity index (χ0) is 22.8. The van der Waals surface area contributed by atoms with Gasteiger partial charge >= 0.3 is 6.09 Å². The van der Waals surface area contributed by atoms with Crippen LogP contribution in [-0.4, -0.2) is 35.6 Å². The van der Waals surface area contributed by atoms with Gasteiger partial charge in [-0.15, -0.1) is 0 Å². The van der Waals surface area contributed by atoms with E-state index in [1.54, 1.807) is 6.92 Å². The van der Waals surface area contributed by atoms with Crippen LogP contribution in [0.1, 0.15) is 34.3 Å². The number of fused-ring (bicyclic) bond motifs is 3. The smallest absolute Gasteiger partial charge is 0.407 e. The van der Waals surface area contributed by atoms with Crippen molar-refractivity contribution in [1.82, 2.24) is 5.32 Å². The average Bonchev–Trinajstić information content (AvgIpc) is 3.11. The maximum Gasteiger partial charge on any atom is 0.407 e. The second-order valence-corrected chi connectivity index (χ2v) is 7.95. The molecule has 6 nitrogen and oxygen atoms in total. The van der Waals surface area contributed by atoms with Crippen molar-refractivity contribution in [3.8, 4) is 11.1 Å². The van der Waals surface area contributed by atoms with Crippen molar-refractivity contribution in [3.63, 3.8) is 0 Å². The van der Waals surface area contributed by atoms with E-state index >= 15 is 0 Å². The number of aryl methyl sites for hydroxylation is 1. The van der Waals surface area contributed by atoms with E-state index in [2.05, 4.69) is 5.32 Å². The van der Waals surface area contributed by atoms with Gasteiger partial charge in [0.15, 0.2) is 0 Å². The highest BCUT2D eigenvalue weighted by atomic mass is 19.1. The number of rotatable bonds is 6. The monoisotopic (exact) mass is 436 g/mol. The lowest BCUT2D eigenvalue weighted by atomic mass is 9.98. The van der Waals surface area contributed by atoms with Gasteiger partial charge in [0.1, 0.15) is 24.6 Å². The number of hydrogen-bond donors (Lipinski definition) is 4. The van der Waals surface area contributed by atoms with Gasteiger partial charge in [0.05, 0.1) is 0 Å². The number of hydrogen-bond acceptors (Lipinski definition) is 5. The van der Waals surface area contributed by atoms with Crippen molar-refractivity contribution in [2.45, 2.75) is 25.0 Å². The molecule has 1 aliphatic carbocycles. The van der Waals surface area contributed by atoms with Crippen LogP contribution in [0.25, 0.3) is 11.1 Å². The number of carbonyl (C=O) groups is 1. The van der Waals surface area contributed by atoms with E-state index in [0.29, 0.717) is 11.3 Å². The number of nitrogen functional groups attached to an aromatic ring is 1. The van der Waals surface area contributed by atoms with Gasteiger partial charge in [0, 0.05) is 23.7 Å². The average molecular weight is 436 g/mol. The predicted octanol–water partition coefficient (Wildman–Crippen LogP) is 3.65. The molecule has 2 atom stereocenters. The molecule has 1 amide bonds. The van der Waals surface area contributed by atoms with Gasteiger partial charge in [-0.3, -0.25) is 0 Å². The van der Waals surface area contributed by atoms with Crippen molar-refractivity contribution >= 4 is 11.8 Å². The normalized spacial score (nSPS) is 14.4. The summed E-state index contributed by atoms with van der Waals surface area (Å²) in [5.41, 5.74) is 10.9. The van der Waals surface area contributed by atoms with Crippen molar-refractivity contribution in [2.24, 2.45) is 0 Å². The fraction of sp³-hybridized carbons (Fsp3) is 0.240. The van der Waals surface area contributed by atoms with Gasteiger partial charge in [-0.25, -0.2) is 9.18 Å². The predicted molar refractivity (Wildman–Crippen MR) is 120 cm³/mol. The number of aliphatic hydroxyl groups excluding tert-OH is 2. The van der Waals surface area contributed by atoms with E-state index in [4.69, 9.17) is 10.5 Å². The van der Waals surface area contributed by atoms with Gasteiger partial charge in [0.2, 0.25) is 0 Å². The minimum atomic E-state index is -1.55. The van der Waals surface area contributed by atoms with E-state index < -0.39 is 24.1 Å². The summed E-state index contributed by atoms with van der Waals surface area (Å²) in [6.45, 7) is 1.45. The lowest BCUT2D eigenvalue weighted by molar-refractivity contribution is 0.0166. The van der Waals surface area contributed by atoms with E-state index in [0.717, 1.165) is 22.3 Å². The minimum Gasteiger partial charge on any atom is -0.449 e. The van der Waals surface area contributed by atoms with Crippen molar-refractivity contribution < 1.29 is 24.1 Å². The molecule has 7 heteroatoms. The number of ether oxygens (including phenoxy) is 1. The molecule has 0 heterocycles. The number of anilines is 1. The molecule has 0 fully saturated rings. The lowest BCUT2D eigenvalue weighted by Gasteiger charge is -2.20. The second-order valence-electron chi connectivity index (χ2n) is 7.95. The maximum absolute atomic E-state index is 14.1. The molecule has 2 unspecified atom stereocenters. The van der Waals surface area contributed by atoms with Crippen LogP contribution in [0.5, 0.6) is 0 Å². The Morgan fingerprint density at radius 3 is 2.31 bits per heavy atom. The minimum absolute atomic E-state index is 0.0895. The van der Waals surface area contributed by atoms with Gasteiger partial charge in [0.25, 0.3) is 0 Å². The highest BCUT2D eigenvalue weighted by Gasteiger charge is 2.29. The molecule has 0 aliphatic heterocycles. The van der Waals surface area contributed by atoms with Crippen LogP contribution in [0.3, 0.4) is 0 Å². The molecule has 0 bridgehead atoms. The van der Waals surface area contributed by atoms with Crippen LogP contribution in [0.2, 0.25) is 0 Å². The Bertz CT molecular complexity index is 1110. The van der Waals surface area contributed by atoms with Gasteiger partial charge in [-0.05, 0) is 46.9 Å². The maximum atomic E-state index is 14.1. The first kappa shape index (κ1) is 21.8. The summed E-state index contributed by atoms with van der Waals surface area (Å²) in [7, 11) is 0. The summed E-state index contributed by atoms with van der Waals surface area (Å²) < 4.78 is 19.5. The second kappa shape index (κ2) is 8.98. The summed E-state index contributed by atoms with van der Waals surface area (Å²) in [6, 6.07) is 18.5. The Morgan fingerprint density at radius 1 is 1.09 bits per heavy atom. The van der Waals surface area contributed by atoms with Crippen LogP contribution in [0, 0.1) is 12.7 Å². The van der Waals surface area contributed by atoms with E-state index in [9.17, 15) is 19.4 Å². The fourth-order valence-electron chi connectivity index (χ4n) is 4.09. The Labute approximate surface area is 185 Å². The quantitative estimate of drug-likeness (QED) is 0.442. The molecule has 3 aromatic rings. The van der Waals surface area contributed by atoms with Crippen LogP contribution >= 0.6 is 0 Å². The highest BCUT2D eigenvalue weighted by molar-refractivity contribution is 5.79. The fourth-order valence-corrected chi connectivity index (χ4v) is 4.09. The highest BCUT2D eigenvalue weighted by Crippen LogP contribution is 2.44. The standard InChI is InChI=1S/C25H25FN2O4/c1-14-10-21(26)19(11-22(14)27)24(30)23(29)12-28-25(31)32-13-20-17-8-4-2-6-15(17)16-7-3-5-9-18(16)20/h2-11,20,23-24,29-30H,12-13,27H2,1H3,(H,28,31). The SMILES string of the molecule is Cc1cc(F)c(C(O)C(O)CNC(=O)OCC2c3ccccc3-c3ccccc32)cc1N. The molecule has 0 aromatic heterocycles. The molecule has 0 radical (unpaired) electrons. The van der Waals surface area contributed by atoms with E-state index in [1.807, 2.05) is 48.5 Å². The molecular weight excluding hydrogens is 411 g/mol. The number of nitrogens with one attached hydrogen (secondary N) is 1. The first-order chi connectivity index (χ1) is 15.4. The number of alkyl carbamates (subject to hydrolysis) is 1. The molecule has 32 heavy (non-hydrogen) atoms. The number of aliphatic hydroxyl groups is 2. The van der Waals surface area contributed by atoms with Crippen LogP contribution < -0.4 is 11.1 Å². The van der Waals surface area contributed by atoms with Crippen molar-refractivity contribution in [1.29, 1.82) is 0 Å². The summed E-state index contributed by atoms with van der Waals surface area (Å²) in [6.07, 6.45) is -3.72. The number of benzene rings is 3. The van der Waals surface area contributed by atoms with Crippen LogP contribution in [-0.2, 0) is 4.74 Å². The first-order valence-electron chi connectivity index (χ1n) is 10.4. The Kier molecular flexibility index (Phi) is 6.12. The third kappa shape index (κ3) is 4.17. The molecule has 4 rings (SSSR count). The topological polar surface area (TPSA) is 105 Å². The summed E-state index contributed by atoms with van der Waals surface area (Å²) in [4.78, 5) is 12.2. The molecule has 5 N–H and O–H groups in total. The molecule has 3 aromatic carbocycles. The van der Waals surface area contributed by atoms with Crippen LogP contribution in [0.4, 0.5) is 14.9 Å². The molecule has 0 saturated heterocycles. The van der Waals surface area contributed by atoms with Gasteiger partial charge < -0.3 is 26.0 Å². The zero-order valence-electron chi connectivity index (χ0n) is 17.6. The van der Waals surface area contributed by atoms with E-state index in [1.165, 1.54) is 12.1 Å². The van der Waals surface area contributed by atoms with E-state index in [-0.39, 0.29) is 24.6 Å². The molecule has 166 valence electrons. The Balaban J connectivity index is 1.35. The number of halogens is 1. The van der Waals surface area contributed by atoms with Gasteiger partial charge in [-0.2, -0.15) is 0 Å². The zero-order valence-corrected chi connectivity index (χ0v) is 17.6. The summed E-state index contributed by atoms with van der Waals surface area (Å²) in [5.74, 6) is -0.766. The third-order valence-electron chi connectivity index (χ3n) is 5.87. The summed E-state index contributed by atoms with van der Waals surface area (Å²) >= 11 is 0. The molecule has 1 aliphatic rings. The Hall–Kier alpha value is -3.42. The molecular formula is C25H25FN2O4. The number of carbonyl (C=O) groups excluding carboxylic acids is 1. The lowest BCUT2D eigenvalue weighted by Crippen LogP contribution is -2.36. The van der Waals surface area contributed by atoms with Crippen LogP contribution in [0.15, 0.2) is 60.7 Å². The first-order valence-corrected chi connectivity index (χ1v) is 10.4. The summed E-state index contributed by atoms with van der Waals surface area (Å²) in [5, 5.41) is 22.9. The number of nitrogens with two attached hydrogens (primary N) is 1. The number of amides is 1.